The third-order valence-corrected chi connectivity index (χ3v) is 1.43. The minimum Gasteiger partial charge on any atom is -0.358 e. The SMILES string of the molecule is C=C1CO[C@H](N)[C@@H](N)C1. The summed E-state index contributed by atoms with van der Waals surface area (Å²) in [4.78, 5) is 0. The predicted molar refractivity (Wildman–Crippen MR) is 35.7 cm³/mol. The summed E-state index contributed by atoms with van der Waals surface area (Å²) >= 11 is 0. The van der Waals surface area contributed by atoms with Gasteiger partial charge in [-0.15, -0.1) is 0 Å². The van der Waals surface area contributed by atoms with E-state index in [0.717, 1.165) is 12.0 Å². The third-order valence-electron chi connectivity index (χ3n) is 1.43. The molecule has 1 heterocycles. The lowest BCUT2D eigenvalue weighted by Gasteiger charge is -2.26. The van der Waals surface area contributed by atoms with Crippen LogP contribution in [0, 0.1) is 0 Å². The molecule has 0 spiro atoms. The van der Waals surface area contributed by atoms with Crippen molar-refractivity contribution in [2.24, 2.45) is 11.5 Å². The Hall–Kier alpha value is -0.380. The van der Waals surface area contributed by atoms with Gasteiger partial charge in [-0.25, -0.2) is 0 Å². The lowest BCUT2D eigenvalue weighted by Crippen LogP contribution is -2.47. The van der Waals surface area contributed by atoms with Gasteiger partial charge in [0.2, 0.25) is 0 Å². The molecule has 52 valence electrons. The number of hydrogen-bond acceptors (Lipinski definition) is 3. The van der Waals surface area contributed by atoms with Crippen LogP contribution in [0.1, 0.15) is 6.42 Å². The van der Waals surface area contributed by atoms with E-state index in [1.807, 2.05) is 0 Å². The highest BCUT2D eigenvalue weighted by Gasteiger charge is 2.19. The van der Waals surface area contributed by atoms with Gasteiger partial charge in [-0.05, 0) is 6.42 Å². The highest BCUT2D eigenvalue weighted by atomic mass is 16.5. The molecule has 1 saturated heterocycles. The van der Waals surface area contributed by atoms with Crippen molar-refractivity contribution in [1.82, 2.24) is 0 Å². The first-order valence-corrected chi connectivity index (χ1v) is 2.99. The summed E-state index contributed by atoms with van der Waals surface area (Å²) in [5.41, 5.74) is 12.0. The van der Waals surface area contributed by atoms with Crippen molar-refractivity contribution in [3.63, 3.8) is 0 Å². The van der Waals surface area contributed by atoms with Gasteiger partial charge in [0.05, 0.1) is 6.61 Å². The molecule has 4 N–H and O–H groups in total. The van der Waals surface area contributed by atoms with E-state index in [0.29, 0.717) is 6.61 Å². The van der Waals surface area contributed by atoms with Gasteiger partial charge in [0.15, 0.2) is 0 Å². The Morgan fingerprint density at radius 3 is 2.67 bits per heavy atom. The van der Waals surface area contributed by atoms with E-state index in [1.54, 1.807) is 0 Å². The van der Waals surface area contributed by atoms with Crippen LogP contribution in [0.2, 0.25) is 0 Å². The maximum atomic E-state index is 5.56. The Labute approximate surface area is 54.7 Å². The van der Waals surface area contributed by atoms with Crippen molar-refractivity contribution >= 4 is 0 Å². The topological polar surface area (TPSA) is 61.3 Å². The van der Waals surface area contributed by atoms with Gasteiger partial charge in [-0.2, -0.15) is 0 Å². The summed E-state index contributed by atoms with van der Waals surface area (Å²) in [6.07, 6.45) is 0.497. The van der Waals surface area contributed by atoms with Gasteiger partial charge in [0.25, 0.3) is 0 Å². The minimum absolute atomic E-state index is 0.0637. The van der Waals surface area contributed by atoms with Crippen LogP contribution >= 0.6 is 0 Å². The normalized spacial score (nSPS) is 36.9. The van der Waals surface area contributed by atoms with Gasteiger partial charge < -0.3 is 16.2 Å². The van der Waals surface area contributed by atoms with Crippen molar-refractivity contribution < 1.29 is 4.74 Å². The molecule has 0 unspecified atom stereocenters. The van der Waals surface area contributed by atoms with Crippen molar-refractivity contribution in [3.05, 3.63) is 12.2 Å². The summed E-state index contributed by atoms with van der Waals surface area (Å²) in [5, 5.41) is 0. The molecule has 0 aromatic carbocycles. The first-order chi connectivity index (χ1) is 4.20. The molecule has 3 heteroatoms. The lowest BCUT2D eigenvalue weighted by molar-refractivity contribution is 0.0328. The Morgan fingerprint density at radius 2 is 2.22 bits per heavy atom. The van der Waals surface area contributed by atoms with E-state index < -0.39 is 0 Å². The fraction of sp³-hybridized carbons (Fsp3) is 0.667. The highest BCUT2D eigenvalue weighted by Crippen LogP contribution is 2.11. The molecule has 0 aromatic heterocycles. The van der Waals surface area contributed by atoms with Gasteiger partial charge in [0, 0.05) is 6.04 Å². The lowest BCUT2D eigenvalue weighted by atomic mass is 10.1. The molecule has 9 heavy (non-hydrogen) atoms. The van der Waals surface area contributed by atoms with Crippen LogP contribution in [-0.4, -0.2) is 18.9 Å². The van der Waals surface area contributed by atoms with E-state index in [9.17, 15) is 0 Å². The molecule has 1 fully saturated rings. The van der Waals surface area contributed by atoms with E-state index in [2.05, 4.69) is 6.58 Å². The fourth-order valence-corrected chi connectivity index (χ4v) is 0.846. The molecule has 0 aromatic rings. The zero-order chi connectivity index (χ0) is 6.85. The number of ether oxygens (including phenoxy) is 1. The second-order valence-electron chi connectivity index (χ2n) is 2.39. The molecule has 0 aliphatic carbocycles. The fourth-order valence-electron chi connectivity index (χ4n) is 0.846. The van der Waals surface area contributed by atoms with E-state index in [1.165, 1.54) is 0 Å². The maximum absolute atomic E-state index is 5.56. The zero-order valence-electron chi connectivity index (χ0n) is 5.34. The Morgan fingerprint density at radius 1 is 1.56 bits per heavy atom. The van der Waals surface area contributed by atoms with Crippen LogP contribution in [0.3, 0.4) is 0 Å². The van der Waals surface area contributed by atoms with E-state index in [-0.39, 0.29) is 12.3 Å². The predicted octanol–water partition coefficient (Wildman–Crippen LogP) is -0.425. The quantitative estimate of drug-likeness (QED) is 0.435. The standard InChI is InChI=1S/C6H12N2O/c1-4-2-5(7)6(8)9-3-4/h5-6H,1-3,7-8H2/t5-,6-/m0/s1. The molecule has 1 aliphatic heterocycles. The van der Waals surface area contributed by atoms with E-state index in [4.69, 9.17) is 16.2 Å². The van der Waals surface area contributed by atoms with Gasteiger partial charge >= 0.3 is 0 Å². The second-order valence-corrected chi connectivity index (χ2v) is 2.39. The van der Waals surface area contributed by atoms with Gasteiger partial charge in [-0.1, -0.05) is 12.2 Å². The molecule has 0 radical (unpaired) electrons. The Bertz CT molecular complexity index is 124. The Balaban J connectivity index is 2.44. The zero-order valence-corrected chi connectivity index (χ0v) is 5.34. The Kier molecular flexibility index (Phi) is 1.85. The number of rotatable bonds is 0. The smallest absolute Gasteiger partial charge is 0.121 e. The molecule has 1 rings (SSSR count). The number of nitrogens with two attached hydrogens (primary N) is 2. The first-order valence-electron chi connectivity index (χ1n) is 2.99. The van der Waals surface area contributed by atoms with Crippen LogP contribution in [0.5, 0.6) is 0 Å². The van der Waals surface area contributed by atoms with Gasteiger partial charge in [0.1, 0.15) is 6.23 Å². The largest absolute Gasteiger partial charge is 0.358 e. The molecular formula is C6H12N2O. The van der Waals surface area contributed by atoms with Crippen LogP contribution < -0.4 is 11.5 Å². The second kappa shape index (κ2) is 2.47. The maximum Gasteiger partial charge on any atom is 0.121 e. The molecule has 0 bridgehead atoms. The molecule has 1 aliphatic rings. The highest BCUT2D eigenvalue weighted by molar-refractivity contribution is 5.01. The monoisotopic (exact) mass is 128 g/mol. The van der Waals surface area contributed by atoms with Crippen molar-refractivity contribution in [2.45, 2.75) is 18.7 Å². The molecular weight excluding hydrogens is 116 g/mol. The van der Waals surface area contributed by atoms with Crippen molar-refractivity contribution in [1.29, 1.82) is 0 Å². The summed E-state index contributed by atoms with van der Waals surface area (Å²) in [6, 6.07) is -0.0637. The average molecular weight is 128 g/mol. The van der Waals surface area contributed by atoms with Gasteiger partial charge in [-0.3, -0.25) is 0 Å². The van der Waals surface area contributed by atoms with Crippen LogP contribution in [0.25, 0.3) is 0 Å². The molecule has 0 saturated carbocycles. The summed E-state index contributed by atoms with van der Waals surface area (Å²) < 4.78 is 5.06. The third kappa shape index (κ3) is 1.51. The molecule has 3 nitrogen and oxygen atoms in total. The molecule has 2 atom stereocenters. The average Bonchev–Trinajstić information content (AvgIpc) is 1.80. The summed E-state index contributed by atoms with van der Waals surface area (Å²) in [6.45, 7) is 4.30. The van der Waals surface area contributed by atoms with E-state index >= 15 is 0 Å². The number of hydrogen-bond donors (Lipinski definition) is 2. The molecule has 0 amide bonds. The summed E-state index contributed by atoms with van der Waals surface area (Å²) in [5.74, 6) is 0. The van der Waals surface area contributed by atoms with Crippen LogP contribution in [0.4, 0.5) is 0 Å². The van der Waals surface area contributed by atoms with Crippen LogP contribution in [-0.2, 0) is 4.74 Å². The van der Waals surface area contributed by atoms with Crippen molar-refractivity contribution in [2.75, 3.05) is 6.61 Å². The first kappa shape index (κ1) is 6.74. The summed E-state index contributed by atoms with van der Waals surface area (Å²) in [7, 11) is 0. The van der Waals surface area contributed by atoms with Crippen LogP contribution in [0.15, 0.2) is 12.2 Å². The van der Waals surface area contributed by atoms with Crippen molar-refractivity contribution in [3.8, 4) is 0 Å². The minimum atomic E-state index is -0.296.